The number of fused-ring (bicyclic) bond motifs is 3. The smallest absolute Gasteiger partial charge is 0.410 e. The molecule has 12 nitrogen and oxygen atoms in total. The first-order valence-electron chi connectivity index (χ1n) is 15.6. The quantitative estimate of drug-likeness (QED) is 0.425. The second-order valence-corrected chi connectivity index (χ2v) is 15.4. The minimum absolute atomic E-state index is 0.00753. The number of rotatable bonds is 4. The van der Waals surface area contributed by atoms with Crippen LogP contribution in [0.15, 0.2) is 36.4 Å². The molecule has 5 atom stereocenters. The zero-order valence-corrected chi connectivity index (χ0v) is 25.8. The molecular weight excluding hydrogens is 586 g/mol. The van der Waals surface area contributed by atoms with Crippen molar-refractivity contribution in [2.75, 3.05) is 6.54 Å². The van der Waals surface area contributed by atoms with Crippen LogP contribution in [0.1, 0.15) is 75.8 Å². The van der Waals surface area contributed by atoms with Crippen molar-refractivity contribution >= 4 is 33.8 Å². The minimum atomic E-state index is -3.93. The van der Waals surface area contributed by atoms with E-state index in [1.807, 2.05) is 36.4 Å². The molecule has 3 aliphatic heterocycles. The molecule has 2 saturated carbocycles. The number of allylic oxidation sites excluding steroid dienone is 1. The SMILES string of the molecule is CC1(S(=O)(=O)NC(=O)[C@@]23C[C@H]2C=CCCCCC[C@H](N)C(=O)N2C[C@H](OC(=O)N4Cc5ccccc5C4)C[C@H]2C(=O)N3)CC1. The van der Waals surface area contributed by atoms with Gasteiger partial charge in [-0.25, -0.2) is 13.2 Å². The fraction of sp³-hybridized carbons (Fsp3) is 0.613. The number of carbonyl (C=O) groups is 4. The van der Waals surface area contributed by atoms with Crippen molar-refractivity contribution in [2.24, 2.45) is 11.7 Å². The summed E-state index contributed by atoms with van der Waals surface area (Å²) >= 11 is 0. The van der Waals surface area contributed by atoms with Crippen LogP contribution in [0.2, 0.25) is 0 Å². The number of carbonyl (C=O) groups excluding carboxylic acids is 4. The maximum atomic E-state index is 13.9. The van der Waals surface area contributed by atoms with E-state index >= 15 is 0 Å². The van der Waals surface area contributed by atoms with Crippen LogP contribution in [0, 0.1) is 5.92 Å². The maximum Gasteiger partial charge on any atom is 0.410 e. The summed E-state index contributed by atoms with van der Waals surface area (Å²) in [6, 6.07) is 5.88. The van der Waals surface area contributed by atoms with Crippen LogP contribution < -0.4 is 15.8 Å². The minimum Gasteiger partial charge on any atom is -0.444 e. The third kappa shape index (κ3) is 5.83. The molecule has 1 saturated heterocycles. The molecule has 0 radical (unpaired) electrons. The third-order valence-corrected chi connectivity index (χ3v) is 12.0. The molecule has 0 spiro atoms. The summed E-state index contributed by atoms with van der Waals surface area (Å²) in [7, 11) is -3.93. The van der Waals surface area contributed by atoms with Gasteiger partial charge in [-0.05, 0) is 56.6 Å². The van der Waals surface area contributed by atoms with E-state index < -0.39 is 68.2 Å². The van der Waals surface area contributed by atoms with Crippen LogP contribution in [0.3, 0.4) is 0 Å². The van der Waals surface area contributed by atoms with Crippen molar-refractivity contribution in [1.82, 2.24) is 19.8 Å². The monoisotopic (exact) mass is 627 g/mol. The molecule has 4 N–H and O–H groups in total. The number of nitrogens with two attached hydrogens (primary N) is 1. The first-order valence-corrected chi connectivity index (χ1v) is 17.0. The molecule has 238 valence electrons. The van der Waals surface area contributed by atoms with Gasteiger partial charge in [0.1, 0.15) is 17.7 Å². The van der Waals surface area contributed by atoms with Crippen LogP contribution in [-0.2, 0) is 42.2 Å². The van der Waals surface area contributed by atoms with Gasteiger partial charge in [-0.2, -0.15) is 0 Å². The molecule has 1 aromatic rings. The highest BCUT2D eigenvalue weighted by Crippen LogP contribution is 2.47. The van der Waals surface area contributed by atoms with Crippen LogP contribution in [0.5, 0.6) is 0 Å². The number of amides is 4. The summed E-state index contributed by atoms with van der Waals surface area (Å²) in [5.41, 5.74) is 6.92. The Labute approximate surface area is 257 Å². The number of hydrogen-bond donors (Lipinski definition) is 3. The molecule has 4 amide bonds. The predicted molar refractivity (Wildman–Crippen MR) is 160 cm³/mol. The van der Waals surface area contributed by atoms with Gasteiger partial charge >= 0.3 is 6.09 Å². The van der Waals surface area contributed by atoms with Gasteiger partial charge in [0.05, 0.1) is 17.3 Å². The van der Waals surface area contributed by atoms with Gasteiger partial charge in [0.15, 0.2) is 0 Å². The molecule has 0 bridgehead atoms. The number of sulfonamides is 1. The Morgan fingerprint density at radius 2 is 1.80 bits per heavy atom. The van der Waals surface area contributed by atoms with Crippen molar-refractivity contribution < 1.29 is 32.3 Å². The Bertz CT molecular complexity index is 1470. The van der Waals surface area contributed by atoms with E-state index in [1.165, 1.54) is 4.90 Å². The normalized spacial score (nSPS) is 31.5. The van der Waals surface area contributed by atoms with Crippen molar-refractivity contribution in [3.63, 3.8) is 0 Å². The number of nitrogens with zero attached hydrogens (tertiary/aromatic N) is 2. The average Bonchev–Trinajstić information content (AvgIpc) is 3.78. The Balaban J connectivity index is 1.21. The number of ether oxygens (including phenoxy) is 1. The molecule has 2 aliphatic carbocycles. The summed E-state index contributed by atoms with van der Waals surface area (Å²) in [4.78, 5) is 57.0. The molecule has 3 heterocycles. The van der Waals surface area contributed by atoms with Gasteiger partial charge in [-0.3, -0.25) is 24.0 Å². The lowest BCUT2D eigenvalue weighted by atomic mass is 10.1. The Hall–Kier alpha value is -3.45. The molecular formula is C31H41N5O7S. The van der Waals surface area contributed by atoms with E-state index in [0.717, 1.165) is 36.8 Å². The molecule has 0 unspecified atom stereocenters. The highest BCUT2D eigenvalue weighted by Gasteiger charge is 2.63. The van der Waals surface area contributed by atoms with Crippen LogP contribution >= 0.6 is 0 Å². The third-order valence-electron chi connectivity index (χ3n) is 9.88. The van der Waals surface area contributed by atoms with Crippen molar-refractivity contribution in [3.05, 3.63) is 47.5 Å². The van der Waals surface area contributed by atoms with Gasteiger partial charge < -0.3 is 20.7 Å². The fourth-order valence-electron chi connectivity index (χ4n) is 6.52. The second-order valence-electron chi connectivity index (χ2n) is 13.2. The van der Waals surface area contributed by atoms with Gasteiger partial charge in [-0.1, -0.05) is 49.3 Å². The van der Waals surface area contributed by atoms with E-state index in [2.05, 4.69) is 10.0 Å². The molecule has 1 aromatic carbocycles. The molecule has 3 fully saturated rings. The van der Waals surface area contributed by atoms with Gasteiger partial charge in [0.25, 0.3) is 5.91 Å². The largest absolute Gasteiger partial charge is 0.444 e. The summed E-state index contributed by atoms with van der Waals surface area (Å²) in [5.74, 6) is -2.19. The second kappa shape index (κ2) is 11.5. The lowest BCUT2D eigenvalue weighted by molar-refractivity contribution is -0.140. The summed E-state index contributed by atoms with van der Waals surface area (Å²) in [5, 5.41) is 2.83. The number of nitrogens with one attached hydrogen (secondary N) is 2. The number of benzene rings is 1. The Kier molecular flexibility index (Phi) is 7.98. The highest BCUT2D eigenvalue weighted by molar-refractivity contribution is 7.91. The van der Waals surface area contributed by atoms with E-state index in [0.29, 0.717) is 32.4 Å². The molecule has 44 heavy (non-hydrogen) atoms. The average molecular weight is 628 g/mol. The Morgan fingerprint density at radius 1 is 1.09 bits per heavy atom. The van der Waals surface area contributed by atoms with Crippen molar-refractivity contribution in [2.45, 2.75) is 106 Å². The zero-order valence-electron chi connectivity index (χ0n) is 25.0. The molecule has 13 heteroatoms. The van der Waals surface area contributed by atoms with E-state index in [9.17, 15) is 27.6 Å². The van der Waals surface area contributed by atoms with Gasteiger partial charge in [0, 0.05) is 25.4 Å². The van der Waals surface area contributed by atoms with Crippen molar-refractivity contribution in [3.8, 4) is 0 Å². The summed E-state index contributed by atoms with van der Waals surface area (Å²) in [6.07, 6.45) is 7.40. The Morgan fingerprint density at radius 3 is 2.48 bits per heavy atom. The van der Waals surface area contributed by atoms with E-state index in [4.69, 9.17) is 10.5 Å². The fourth-order valence-corrected chi connectivity index (χ4v) is 7.83. The van der Waals surface area contributed by atoms with E-state index in [1.54, 1.807) is 11.8 Å². The van der Waals surface area contributed by atoms with E-state index in [-0.39, 0.29) is 19.4 Å². The predicted octanol–water partition coefficient (Wildman–Crippen LogP) is 1.83. The maximum absolute atomic E-state index is 13.9. The lowest BCUT2D eigenvalue weighted by Gasteiger charge is -2.28. The summed E-state index contributed by atoms with van der Waals surface area (Å²) in [6.45, 7) is 2.40. The zero-order chi connectivity index (χ0) is 31.3. The van der Waals surface area contributed by atoms with Gasteiger partial charge in [-0.15, -0.1) is 0 Å². The lowest BCUT2D eigenvalue weighted by Crippen LogP contribution is -2.58. The molecule has 0 aromatic heterocycles. The van der Waals surface area contributed by atoms with Crippen LogP contribution in [0.25, 0.3) is 0 Å². The number of hydrogen-bond acceptors (Lipinski definition) is 8. The van der Waals surface area contributed by atoms with Crippen LogP contribution in [0.4, 0.5) is 4.79 Å². The topological polar surface area (TPSA) is 168 Å². The summed E-state index contributed by atoms with van der Waals surface area (Å²) < 4.78 is 32.9. The molecule has 5 aliphatic rings. The first-order chi connectivity index (χ1) is 20.9. The van der Waals surface area contributed by atoms with Crippen LogP contribution in [-0.4, -0.2) is 77.1 Å². The highest BCUT2D eigenvalue weighted by atomic mass is 32.2. The van der Waals surface area contributed by atoms with Crippen molar-refractivity contribution in [1.29, 1.82) is 0 Å². The van der Waals surface area contributed by atoms with Gasteiger partial charge in [0.2, 0.25) is 21.8 Å². The first kappa shape index (κ1) is 30.6. The standard InChI is InChI=1S/C31H41N5O7S/c1-30(13-14-30)44(41,42)34-28(39)31-16-22(31)11-5-3-2-4-6-12-24(32)27(38)36-19-23(15-25(36)26(37)33-31)43-29(40)35-17-20-9-7-8-10-21(20)18-35/h5,7-11,22-25H,2-4,6,12-19,32H2,1H3,(H,33,37)(H,34,39)/t22-,23-,24+,25+,31-/m1/s1. The molecule has 6 rings (SSSR count).